The quantitative estimate of drug-likeness (QED) is 0.0597. The van der Waals surface area contributed by atoms with Gasteiger partial charge < -0.3 is 56.5 Å². The Morgan fingerprint density at radius 3 is 1.60 bits per heavy atom. The molecule has 45 heavy (non-hydrogen) atoms. The molecule has 0 aromatic rings. The van der Waals surface area contributed by atoms with E-state index in [1.807, 2.05) is 0 Å². The van der Waals surface area contributed by atoms with Crippen molar-refractivity contribution in [2.45, 2.75) is 121 Å². The number of aliphatic hydroxyl groups is 4. The minimum absolute atomic E-state index is 0.0135. The molecule has 16 nitrogen and oxygen atoms in total. The van der Waals surface area contributed by atoms with Crippen molar-refractivity contribution in [3.05, 3.63) is 0 Å². The van der Waals surface area contributed by atoms with E-state index in [4.69, 9.17) is 9.47 Å². The molecule has 0 saturated carbocycles. The third kappa shape index (κ3) is 11.6. The van der Waals surface area contributed by atoms with Gasteiger partial charge in [-0.2, -0.15) is 12.6 Å². The summed E-state index contributed by atoms with van der Waals surface area (Å²) < 4.78 is 10.6. The van der Waals surface area contributed by atoms with Crippen LogP contribution in [-0.4, -0.2) is 128 Å². The number of nitrogens with one attached hydrogen (secondary N) is 5. The van der Waals surface area contributed by atoms with Crippen molar-refractivity contribution in [1.29, 1.82) is 0 Å². The topological polar surface area (TPSA) is 245 Å². The van der Waals surface area contributed by atoms with Gasteiger partial charge in [0.15, 0.2) is 6.29 Å². The van der Waals surface area contributed by atoms with Crippen LogP contribution in [0.3, 0.4) is 0 Å². The number of carbonyl (C=O) groups is 5. The van der Waals surface area contributed by atoms with E-state index in [9.17, 15) is 44.4 Å². The molecule has 0 unspecified atom stereocenters. The maximum absolute atomic E-state index is 13.1. The monoisotopic (exact) mass is 665 g/mol. The number of carbonyl (C=O) groups excluding carboxylic acids is 5. The molecule has 5 atom stereocenters. The smallest absolute Gasteiger partial charge is 0.246 e. The van der Waals surface area contributed by atoms with Gasteiger partial charge in [0.25, 0.3) is 0 Å². The van der Waals surface area contributed by atoms with E-state index in [1.54, 1.807) is 0 Å². The van der Waals surface area contributed by atoms with E-state index in [1.165, 1.54) is 55.4 Å². The molecule has 9 N–H and O–H groups in total. The van der Waals surface area contributed by atoms with E-state index < -0.39 is 83.1 Å². The lowest BCUT2D eigenvalue weighted by Gasteiger charge is -2.39. The average Bonchev–Trinajstić information content (AvgIpc) is 2.91. The highest BCUT2D eigenvalue weighted by Gasteiger charge is 2.44. The second-order valence-corrected chi connectivity index (χ2v) is 13.5. The third-order valence-electron chi connectivity index (χ3n) is 7.08. The molecule has 1 aliphatic rings. The number of aliphatic hydroxyl groups excluding tert-OH is 4. The summed E-state index contributed by atoms with van der Waals surface area (Å²) in [7, 11) is 0. The number of rotatable bonds is 16. The molecule has 5 amide bonds. The van der Waals surface area contributed by atoms with Gasteiger partial charge in [-0.15, -0.1) is 0 Å². The van der Waals surface area contributed by atoms with Crippen LogP contribution in [0.25, 0.3) is 0 Å². The van der Waals surface area contributed by atoms with Gasteiger partial charge in [-0.25, -0.2) is 0 Å². The first-order valence-corrected chi connectivity index (χ1v) is 15.3. The van der Waals surface area contributed by atoms with Crippen molar-refractivity contribution < 1.29 is 53.9 Å². The number of hydrogen-bond donors (Lipinski definition) is 10. The Morgan fingerprint density at radius 2 is 1.16 bits per heavy atom. The normalized spacial score (nSPS) is 22.6. The van der Waals surface area contributed by atoms with E-state index in [-0.39, 0.29) is 31.9 Å². The van der Waals surface area contributed by atoms with E-state index in [0.717, 1.165) is 0 Å². The number of hydrogen-bond acceptors (Lipinski definition) is 12. The minimum Gasteiger partial charge on any atom is -0.394 e. The maximum atomic E-state index is 13.1. The van der Waals surface area contributed by atoms with Crippen LogP contribution in [0.5, 0.6) is 0 Å². The fourth-order valence-electron chi connectivity index (χ4n) is 3.96. The van der Waals surface area contributed by atoms with Crippen LogP contribution in [0.15, 0.2) is 0 Å². The number of thiol groups is 1. The molecule has 0 bridgehead atoms. The van der Waals surface area contributed by atoms with Crippen LogP contribution < -0.4 is 26.6 Å². The number of amides is 5. The zero-order valence-corrected chi connectivity index (χ0v) is 28.1. The molecule has 0 radical (unpaired) electrons. The zero-order chi connectivity index (χ0) is 35.0. The molecule has 1 heterocycles. The molecular formula is C28H51N5O11S. The van der Waals surface area contributed by atoms with Gasteiger partial charge in [0.05, 0.1) is 13.2 Å². The second kappa shape index (κ2) is 16.3. The van der Waals surface area contributed by atoms with Crippen LogP contribution in [0.4, 0.5) is 0 Å². The van der Waals surface area contributed by atoms with Crippen molar-refractivity contribution in [1.82, 2.24) is 26.6 Å². The fraction of sp³-hybridized carbons (Fsp3) is 0.821. The standard InChI is InChI=1S/C28H51N5O11S/c1-25(2,21(39)29-11-9-12-43-20-19(38)18(37)17(36)15(14-34)44-20)31-23(41)27(5,6)33-24(42)28(7,8)32-22(40)26(3,4)30-16(35)10-13-45/h15,17-20,34,36-38,45H,9-14H2,1-8H3,(H,29,39)(H,30,35)(H,31,41)(H,32,40)(H,33,42)/t15-,17-,18+,19+,20+/m1/s1. The molecule has 1 saturated heterocycles. The third-order valence-corrected chi connectivity index (χ3v) is 7.30. The van der Waals surface area contributed by atoms with Crippen molar-refractivity contribution >= 4 is 42.2 Å². The first-order chi connectivity index (χ1) is 20.5. The predicted molar refractivity (Wildman–Crippen MR) is 165 cm³/mol. The highest BCUT2D eigenvalue weighted by atomic mass is 32.1. The molecule has 17 heteroatoms. The highest BCUT2D eigenvalue weighted by Crippen LogP contribution is 2.22. The molecular weight excluding hydrogens is 614 g/mol. The first-order valence-electron chi connectivity index (χ1n) is 14.6. The van der Waals surface area contributed by atoms with Gasteiger partial charge in [-0.3, -0.25) is 24.0 Å². The Labute approximate surface area is 269 Å². The largest absolute Gasteiger partial charge is 0.394 e. The van der Waals surface area contributed by atoms with Crippen LogP contribution in [0.1, 0.15) is 68.2 Å². The maximum Gasteiger partial charge on any atom is 0.246 e. The van der Waals surface area contributed by atoms with E-state index in [0.29, 0.717) is 5.75 Å². The molecule has 1 fully saturated rings. The second-order valence-electron chi connectivity index (χ2n) is 13.1. The Balaban J connectivity index is 2.64. The van der Waals surface area contributed by atoms with E-state index >= 15 is 0 Å². The van der Waals surface area contributed by atoms with Crippen LogP contribution in [0.2, 0.25) is 0 Å². The van der Waals surface area contributed by atoms with Crippen molar-refractivity contribution in [2.75, 3.05) is 25.5 Å². The van der Waals surface area contributed by atoms with Gasteiger partial charge in [0.1, 0.15) is 46.6 Å². The first kappa shape index (κ1) is 40.5. The van der Waals surface area contributed by atoms with Gasteiger partial charge in [0.2, 0.25) is 29.5 Å². The lowest BCUT2D eigenvalue weighted by molar-refractivity contribution is -0.301. The molecule has 0 spiro atoms. The van der Waals surface area contributed by atoms with E-state index in [2.05, 4.69) is 39.2 Å². The Hall–Kier alpha value is -2.54. The predicted octanol–water partition coefficient (Wildman–Crippen LogP) is -2.79. The Morgan fingerprint density at radius 1 is 0.711 bits per heavy atom. The molecule has 1 rings (SSSR count). The van der Waals surface area contributed by atoms with Gasteiger partial charge in [-0.1, -0.05) is 0 Å². The van der Waals surface area contributed by atoms with Crippen molar-refractivity contribution in [3.8, 4) is 0 Å². The summed E-state index contributed by atoms with van der Waals surface area (Å²) in [5, 5.41) is 52.0. The summed E-state index contributed by atoms with van der Waals surface area (Å²) in [6, 6.07) is 0. The minimum atomic E-state index is -1.57. The van der Waals surface area contributed by atoms with Crippen LogP contribution in [0, 0.1) is 0 Å². The fourth-order valence-corrected chi connectivity index (χ4v) is 4.16. The summed E-state index contributed by atoms with van der Waals surface area (Å²) in [6.07, 6.45) is -6.65. The highest BCUT2D eigenvalue weighted by molar-refractivity contribution is 7.80. The zero-order valence-electron chi connectivity index (χ0n) is 27.2. The lowest BCUT2D eigenvalue weighted by atomic mass is 9.95. The van der Waals surface area contributed by atoms with Crippen LogP contribution in [-0.2, 0) is 33.4 Å². The summed E-state index contributed by atoms with van der Waals surface area (Å²) in [6.45, 7) is 11.2. The summed E-state index contributed by atoms with van der Waals surface area (Å²) >= 11 is 4.00. The van der Waals surface area contributed by atoms with Gasteiger partial charge in [0, 0.05) is 13.0 Å². The summed E-state index contributed by atoms with van der Waals surface area (Å²) in [4.78, 5) is 63.9. The molecule has 260 valence electrons. The Kier molecular flexibility index (Phi) is 14.7. The molecule has 0 aliphatic carbocycles. The molecule has 0 aromatic heterocycles. The summed E-state index contributed by atoms with van der Waals surface area (Å²) in [5.41, 5.74) is -5.72. The lowest BCUT2D eigenvalue weighted by Crippen LogP contribution is -2.67. The summed E-state index contributed by atoms with van der Waals surface area (Å²) in [5.74, 6) is -2.59. The average molecular weight is 666 g/mol. The van der Waals surface area contributed by atoms with Crippen molar-refractivity contribution in [2.24, 2.45) is 0 Å². The van der Waals surface area contributed by atoms with Crippen LogP contribution >= 0.6 is 12.6 Å². The Bertz CT molecular complexity index is 1070. The van der Waals surface area contributed by atoms with Gasteiger partial charge >= 0.3 is 0 Å². The van der Waals surface area contributed by atoms with Gasteiger partial charge in [-0.05, 0) is 67.6 Å². The molecule has 0 aromatic carbocycles. The number of ether oxygens (including phenoxy) is 2. The van der Waals surface area contributed by atoms with Crippen molar-refractivity contribution in [3.63, 3.8) is 0 Å². The SMILES string of the molecule is CC(C)(NC(=O)CCS)C(=O)NC(C)(C)C(=O)NC(C)(C)C(=O)NC(C)(C)C(=O)NCCCO[C@H]1O[C@H](CO)[C@@H](O)[C@H](O)[C@@H]1O. The molecule has 1 aliphatic heterocycles.